The van der Waals surface area contributed by atoms with Crippen LogP contribution in [0.3, 0.4) is 0 Å². The van der Waals surface area contributed by atoms with Crippen LogP contribution in [0.5, 0.6) is 0 Å². The summed E-state index contributed by atoms with van der Waals surface area (Å²) in [5.74, 6) is 0.0291. The van der Waals surface area contributed by atoms with Gasteiger partial charge in [-0.2, -0.15) is 5.10 Å². The number of fused-ring (bicyclic) bond motifs is 1. The molecule has 0 unspecified atom stereocenters. The van der Waals surface area contributed by atoms with Crippen molar-refractivity contribution in [1.29, 1.82) is 0 Å². The number of hydrogen-bond acceptors (Lipinski definition) is 3. The molecule has 2 heterocycles. The monoisotopic (exact) mass is 442 g/mol. The van der Waals surface area contributed by atoms with Crippen LogP contribution in [-0.4, -0.2) is 57.6 Å². The number of amides is 2. The predicted octanol–water partition coefficient (Wildman–Crippen LogP) is 3.97. The lowest BCUT2D eigenvalue weighted by Gasteiger charge is -2.22. The number of aryl methyl sites for hydroxylation is 2. The molecule has 1 aromatic heterocycles. The summed E-state index contributed by atoms with van der Waals surface area (Å²) in [6, 6.07) is 16.0. The van der Waals surface area contributed by atoms with Gasteiger partial charge in [0.2, 0.25) is 0 Å². The van der Waals surface area contributed by atoms with Crippen molar-refractivity contribution >= 4 is 11.8 Å². The fraction of sp³-hybridized carbons (Fsp3) is 0.370. The summed E-state index contributed by atoms with van der Waals surface area (Å²) in [5, 5.41) is 4.79. The van der Waals surface area contributed by atoms with Crippen LogP contribution in [0.1, 0.15) is 56.1 Å². The molecule has 6 nitrogen and oxygen atoms in total. The van der Waals surface area contributed by atoms with Gasteiger partial charge in [-0.25, -0.2) is 4.68 Å². The third-order valence-electron chi connectivity index (χ3n) is 6.75. The number of hydrogen-bond donors (Lipinski definition) is 0. The van der Waals surface area contributed by atoms with Gasteiger partial charge in [0.15, 0.2) is 5.69 Å². The van der Waals surface area contributed by atoms with Crippen LogP contribution >= 0.6 is 0 Å². The average molecular weight is 443 g/mol. The lowest BCUT2D eigenvalue weighted by atomic mass is 10.1. The van der Waals surface area contributed by atoms with E-state index in [1.54, 1.807) is 0 Å². The molecule has 1 aliphatic carbocycles. The van der Waals surface area contributed by atoms with Crippen molar-refractivity contribution < 1.29 is 9.59 Å². The molecule has 33 heavy (non-hydrogen) atoms. The van der Waals surface area contributed by atoms with Gasteiger partial charge in [0.05, 0.1) is 5.69 Å². The molecule has 1 aliphatic heterocycles. The Balaban J connectivity index is 1.35. The minimum atomic E-state index is -0.0103. The maximum Gasteiger partial charge on any atom is 0.274 e. The van der Waals surface area contributed by atoms with Gasteiger partial charge in [0, 0.05) is 43.0 Å². The molecule has 170 valence electrons. The van der Waals surface area contributed by atoms with Crippen molar-refractivity contribution in [2.24, 2.45) is 0 Å². The molecule has 1 fully saturated rings. The van der Waals surface area contributed by atoms with Crippen molar-refractivity contribution in [2.75, 3.05) is 26.2 Å². The normalized spacial score (nSPS) is 15.9. The largest absolute Gasteiger partial charge is 0.337 e. The number of carbonyl (C=O) groups excluding carboxylic acids is 2. The third-order valence-corrected chi connectivity index (χ3v) is 6.75. The zero-order chi connectivity index (χ0) is 22.9. The van der Waals surface area contributed by atoms with Crippen LogP contribution in [0.25, 0.3) is 5.69 Å². The maximum absolute atomic E-state index is 13.5. The Kier molecular flexibility index (Phi) is 5.75. The quantitative estimate of drug-likeness (QED) is 0.617. The second kappa shape index (κ2) is 8.85. The minimum Gasteiger partial charge on any atom is -0.337 e. The van der Waals surface area contributed by atoms with Gasteiger partial charge >= 0.3 is 0 Å². The zero-order valence-corrected chi connectivity index (χ0v) is 19.4. The van der Waals surface area contributed by atoms with Gasteiger partial charge in [0.1, 0.15) is 0 Å². The fourth-order valence-electron chi connectivity index (χ4n) is 4.94. The molecule has 5 rings (SSSR count). The number of rotatable bonds is 3. The van der Waals surface area contributed by atoms with E-state index in [4.69, 9.17) is 5.10 Å². The molecule has 0 atom stereocenters. The van der Waals surface area contributed by atoms with E-state index in [9.17, 15) is 9.59 Å². The molecule has 2 aromatic carbocycles. The summed E-state index contributed by atoms with van der Waals surface area (Å²) in [4.78, 5) is 30.3. The highest BCUT2D eigenvalue weighted by atomic mass is 16.2. The van der Waals surface area contributed by atoms with Crippen molar-refractivity contribution in [3.8, 4) is 5.69 Å². The summed E-state index contributed by atoms with van der Waals surface area (Å²) in [6.45, 7) is 6.43. The van der Waals surface area contributed by atoms with E-state index < -0.39 is 0 Å². The van der Waals surface area contributed by atoms with Crippen molar-refractivity contribution in [1.82, 2.24) is 19.6 Å². The molecular formula is C27H30N4O2. The third kappa shape index (κ3) is 4.17. The molecule has 6 heteroatoms. The summed E-state index contributed by atoms with van der Waals surface area (Å²) in [6.07, 6.45) is 3.67. The summed E-state index contributed by atoms with van der Waals surface area (Å²) < 4.78 is 1.96. The molecule has 0 bridgehead atoms. The van der Waals surface area contributed by atoms with E-state index in [-0.39, 0.29) is 11.8 Å². The molecule has 2 aliphatic rings. The van der Waals surface area contributed by atoms with Crippen LogP contribution in [0.15, 0.2) is 48.5 Å². The number of carbonyl (C=O) groups is 2. The van der Waals surface area contributed by atoms with Gasteiger partial charge in [-0.05, 0) is 63.8 Å². The lowest BCUT2D eigenvalue weighted by molar-refractivity contribution is 0.0715. The number of benzene rings is 2. The van der Waals surface area contributed by atoms with E-state index in [0.717, 1.165) is 48.2 Å². The van der Waals surface area contributed by atoms with Crippen LogP contribution in [0.2, 0.25) is 0 Å². The van der Waals surface area contributed by atoms with Gasteiger partial charge in [-0.3, -0.25) is 9.59 Å². The lowest BCUT2D eigenvalue weighted by Crippen LogP contribution is -2.37. The van der Waals surface area contributed by atoms with Crippen LogP contribution in [0, 0.1) is 13.8 Å². The maximum atomic E-state index is 13.5. The Labute approximate surface area is 194 Å². The van der Waals surface area contributed by atoms with Crippen LogP contribution in [0.4, 0.5) is 0 Å². The Morgan fingerprint density at radius 1 is 0.788 bits per heavy atom. The molecule has 1 saturated heterocycles. The zero-order valence-electron chi connectivity index (χ0n) is 19.4. The van der Waals surface area contributed by atoms with Crippen LogP contribution in [-0.2, 0) is 12.8 Å². The summed E-state index contributed by atoms with van der Waals surface area (Å²) in [5.41, 5.74) is 6.83. The van der Waals surface area contributed by atoms with Crippen molar-refractivity contribution in [3.05, 3.63) is 82.2 Å². The van der Waals surface area contributed by atoms with Gasteiger partial charge < -0.3 is 9.80 Å². The molecule has 0 spiro atoms. The van der Waals surface area contributed by atoms with Crippen molar-refractivity contribution in [2.45, 2.75) is 39.5 Å². The Hall–Kier alpha value is -3.41. The molecule has 0 radical (unpaired) electrons. The molecule has 0 saturated carbocycles. The Morgan fingerprint density at radius 2 is 1.52 bits per heavy atom. The molecule has 0 N–H and O–H groups in total. The topological polar surface area (TPSA) is 58.4 Å². The standard InChI is InChI=1S/C27H30N4O2/c1-19-10-12-22(13-11-19)31-24-9-4-8-23(24)25(28-31)27(33)30-15-5-14-29(16-17-30)26(32)21-7-3-6-20(2)18-21/h3,6-7,10-13,18H,4-5,8-9,14-17H2,1-2H3. The molecule has 3 aromatic rings. The minimum absolute atomic E-state index is 0.0103. The average Bonchev–Trinajstić information content (AvgIpc) is 3.34. The fourth-order valence-corrected chi connectivity index (χ4v) is 4.94. The first-order valence-electron chi connectivity index (χ1n) is 11.8. The van der Waals surface area contributed by atoms with E-state index in [1.165, 1.54) is 5.56 Å². The van der Waals surface area contributed by atoms with E-state index >= 15 is 0 Å². The van der Waals surface area contributed by atoms with Gasteiger partial charge in [-0.15, -0.1) is 0 Å². The highest BCUT2D eigenvalue weighted by Crippen LogP contribution is 2.29. The second-order valence-corrected chi connectivity index (χ2v) is 9.18. The SMILES string of the molecule is Cc1ccc(-n2nc(C(=O)N3CCCN(C(=O)c4cccc(C)c4)CC3)c3c2CCC3)cc1. The number of aromatic nitrogens is 2. The van der Waals surface area contributed by atoms with Crippen molar-refractivity contribution in [3.63, 3.8) is 0 Å². The van der Waals surface area contributed by atoms with E-state index in [0.29, 0.717) is 37.4 Å². The van der Waals surface area contributed by atoms with E-state index in [1.807, 2.05) is 45.7 Å². The van der Waals surface area contributed by atoms with E-state index in [2.05, 4.69) is 31.2 Å². The highest BCUT2D eigenvalue weighted by Gasteiger charge is 2.31. The Bertz CT molecular complexity index is 1200. The molecular weight excluding hydrogens is 412 g/mol. The Morgan fingerprint density at radius 3 is 2.24 bits per heavy atom. The first-order chi connectivity index (χ1) is 16.0. The highest BCUT2D eigenvalue weighted by molar-refractivity contribution is 5.95. The van der Waals surface area contributed by atoms with Crippen LogP contribution < -0.4 is 0 Å². The van der Waals surface area contributed by atoms with Gasteiger partial charge in [0.25, 0.3) is 11.8 Å². The predicted molar refractivity (Wildman–Crippen MR) is 128 cm³/mol. The molecule has 2 amide bonds. The first-order valence-corrected chi connectivity index (χ1v) is 11.8. The number of nitrogens with zero attached hydrogens (tertiary/aromatic N) is 4. The second-order valence-electron chi connectivity index (χ2n) is 9.18. The van der Waals surface area contributed by atoms with Gasteiger partial charge in [-0.1, -0.05) is 35.4 Å². The smallest absolute Gasteiger partial charge is 0.274 e. The first kappa shape index (κ1) is 21.4. The summed E-state index contributed by atoms with van der Waals surface area (Å²) >= 11 is 0. The summed E-state index contributed by atoms with van der Waals surface area (Å²) in [7, 11) is 0.